The second kappa shape index (κ2) is 8.49. The van der Waals surface area contributed by atoms with Gasteiger partial charge in [-0.05, 0) is 54.7 Å². The molecule has 5 rings (SSSR count). The average Bonchev–Trinajstić information content (AvgIpc) is 2.87. The minimum Gasteiger partial charge on any atom is -0.493 e. The van der Waals surface area contributed by atoms with E-state index in [-0.39, 0.29) is 17.9 Å². The monoisotopic (exact) mass is 482 g/mol. The van der Waals surface area contributed by atoms with E-state index in [1.807, 2.05) is 59.3 Å². The molecule has 0 N–H and O–H groups in total. The fourth-order valence-corrected chi connectivity index (χ4v) is 6.85. The van der Waals surface area contributed by atoms with Gasteiger partial charge in [-0.1, -0.05) is 49.1 Å². The zero-order valence-corrected chi connectivity index (χ0v) is 20.7. The Balaban J connectivity index is 1.49. The van der Waals surface area contributed by atoms with Gasteiger partial charge < -0.3 is 19.3 Å². The molecule has 0 aromatic heterocycles. The second-order valence-electron chi connectivity index (χ2n) is 9.66. The zero-order valence-electron chi connectivity index (χ0n) is 20.0. The summed E-state index contributed by atoms with van der Waals surface area (Å²) in [6, 6.07) is 13.1. The summed E-state index contributed by atoms with van der Waals surface area (Å²) in [5.74, 6) is 1.24. The van der Waals surface area contributed by atoms with Crippen LogP contribution in [0.25, 0.3) is 0 Å². The van der Waals surface area contributed by atoms with Gasteiger partial charge in [0.05, 0.1) is 25.8 Å². The number of carbonyl (C=O) groups is 2. The Morgan fingerprint density at radius 3 is 2.38 bits per heavy atom. The van der Waals surface area contributed by atoms with E-state index >= 15 is 0 Å². The lowest BCUT2D eigenvalue weighted by atomic mass is 9.46. The van der Waals surface area contributed by atoms with Gasteiger partial charge in [0, 0.05) is 18.6 Å². The highest BCUT2D eigenvalue weighted by molar-refractivity contribution is 6.30. The molecule has 2 saturated heterocycles. The van der Waals surface area contributed by atoms with Gasteiger partial charge in [-0.2, -0.15) is 0 Å². The van der Waals surface area contributed by atoms with Crippen molar-refractivity contribution in [3.8, 4) is 11.5 Å². The van der Waals surface area contributed by atoms with E-state index < -0.39 is 11.0 Å². The van der Waals surface area contributed by atoms with Gasteiger partial charge in [0.15, 0.2) is 16.9 Å². The maximum Gasteiger partial charge on any atom is 0.243 e. The normalized spacial score (nSPS) is 25.4. The van der Waals surface area contributed by atoms with Crippen molar-refractivity contribution in [3.05, 3.63) is 58.6 Å². The van der Waals surface area contributed by atoms with Gasteiger partial charge in [-0.3, -0.25) is 9.59 Å². The highest BCUT2D eigenvalue weighted by Gasteiger charge is 2.83. The topological polar surface area (TPSA) is 59.1 Å². The number of ether oxygens (including phenoxy) is 2. The molecule has 2 atom stereocenters. The van der Waals surface area contributed by atoms with Crippen LogP contribution in [0.15, 0.2) is 42.5 Å². The molecule has 2 spiro atoms. The molecule has 2 aliphatic heterocycles. The Bertz CT molecular complexity index is 1130. The molecule has 1 aliphatic carbocycles. The van der Waals surface area contributed by atoms with Crippen molar-refractivity contribution in [2.75, 3.05) is 27.8 Å². The zero-order chi connectivity index (χ0) is 24.1. The van der Waals surface area contributed by atoms with Crippen molar-refractivity contribution < 1.29 is 19.1 Å². The van der Waals surface area contributed by atoms with Gasteiger partial charge >= 0.3 is 0 Å². The lowest BCUT2D eigenvalue weighted by Gasteiger charge is -2.73. The molecule has 0 radical (unpaired) electrons. The molecule has 3 fully saturated rings. The number of methoxy groups -OCH3 is 2. The number of halogens is 1. The smallest absolute Gasteiger partial charge is 0.243 e. The summed E-state index contributed by atoms with van der Waals surface area (Å²) in [5.41, 5.74) is 0.572. The minimum atomic E-state index is -1.01. The summed E-state index contributed by atoms with van der Waals surface area (Å²) < 4.78 is 10.8. The number of likely N-dealkylation sites (tertiary alicyclic amines) is 2. The van der Waals surface area contributed by atoms with E-state index in [9.17, 15) is 9.59 Å². The lowest BCUT2D eigenvalue weighted by Crippen LogP contribution is -2.89. The first kappa shape index (κ1) is 23.0. The number of amides is 2. The molecule has 2 aromatic rings. The number of carbonyl (C=O) groups excluding carboxylic acids is 2. The third kappa shape index (κ3) is 3.00. The average molecular weight is 483 g/mol. The van der Waals surface area contributed by atoms with Gasteiger partial charge in [0.1, 0.15) is 0 Å². The predicted octanol–water partition coefficient (Wildman–Crippen LogP) is 4.64. The highest BCUT2D eigenvalue weighted by Crippen LogP contribution is 2.68. The molecule has 0 bridgehead atoms. The molecule has 2 aromatic carbocycles. The molecular weight excluding hydrogens is 452 g/mol. The number of hydrogen-bond acceptors (Lipinski definition) is 4. The Kier molecular flexibility index (Phi) is 5.75. The molecule has 3 aliphatic rings. The summed E-state index contributed by atoms with van der Waals surface area (Å²) >= 11 is 6.36. The van der Waals surface area contributed by atoms with Crippen LogP contribution >= 0.6 is 11.6 Å². The van der Waals surface area contributed by atoms with E-state index in [2.05, 4.69) is 0 Å². The van der Waals surface area contributed by atoms with Crippen molar-refractivity contribution in [2.45, 2.75) is 50.1 Å². The first-order valence-corrected chi connectivity index (χ1v) is 12.3. The molecule has 34 heavy (non-hydrogen) atoms. The maximum atomic E-state index is 13.9. The van der Waals surface area contributed by atoms with Crippen LogP contribution in [-0.4, -0.2) is 55.0 Å². The van der Waals surface area contributed by atoms with E-state index in [1.54, 1.807) is 14.2 Å². The van der Waals surface area contributed by atoms with E-state index in [1.165, 1.54) is 0 Å². The predicted molar refractivity (Wildman–Crippen MR) is 130 cm³/mol. The number of nitrogens with zero attached hydrogens (tertiary/aromatic N) is 2. The van der Waals surface area contributed by atoms with Crippen LogP contribution < -0.4 is 9.47 Å². The largest absolute Gasteiger partial charge is 0.493 e. The van der Waals surface area contributed by atoms with E-state index in [4.69, 9.17) is 21.1 Å². The van der Waals surface area contributed by atoms with Gasteiger partial charge in [0.25, 0.3) is 0 Å². The molecule has 2 heterocycles. The quantitative estimate of drug-likeness (QED) is 0.444. The van der Waals surface area contributed by atoms with Crippen LogP contribution in [0.4, 0.5) is 0 Å². The number of hydrogen-bond donors (Lipinski definition) is 0. The number of rotatable bonds is 6. The molecule has 180 valence electrons. The van der Waals surface area contributed by atoms with Crippen LogP contribution in [-0.2, 0) is 16.0 Å². The maximum absolute atomic E-state index is 13.9. The summed E-state index contributed by atoms with van der Waals surface area (Å²) in [6.07, 6.45) is 5.64. The van der Waals surface area contributed by atoms with Gasteiger partial charge in [-0.15, -0.1) is 0 Å². The molecule has 7 heteroatoms. The Morgan fingerprint density at radius 2 is 1.71 bits per heavy atom. The Labute approximate surface area is 205 Å². The molecular formula is C27H31ClN2O4. The van der Waals surface area contributed by atoms with Crippen molar-refractivity contribution in [1.29, 1.82) is 0 Å². The van der Waals surface area contributed by atoms with Crippen LogP contribution in [0.3, 0.4) is 0 Å². The number of benzene rings is 2. The third-order valence-electron chi connectivity index (χ3n) is 8.27. The second-order valence-corrected chi connectivity index (χ2v) is 10.1. The molecule has 0 unspecified atom stereocenters. The van der Waals surface area contributed by atoms with Crippen LogP contribution in [0.5, 0.6) is 11.5 Å². The lowest BCUT2D eigenvalue weighted by molar-refractivity contribution is -0.241. The van der Waals surface area contributed by atoms with Crippen LogP contribution in [0.1, 0.15) is 49.3 Å². The van der Waals surface area contributed by atoms with E-state index in [0.29, 0.717) is 29.5 Å². The molecule has 2 amide bonds. The summed E-state index contributed by atoms with van der Waals surface area (Å²) in [7, 11) is 5.09. The molecule has 6 nitrogen and oxygen atoms in total. The summed E-state index contributed by atoms with van der Waals surface area (Å²) in [5, 5.41) is 0.615. The number of β-lactam (4-membered cyclic amide) rings is 2. The standard InChI is InChI=1S/C27H31ClN2O4/c1-29-24(31)27(26(29)13-5-4-6-14-26)23(19-8-7-9-20(28)17-19)30(25(27)32)15-12-18-10-11-21(33-2)22(16-18)34-3/h7-11,16-17,23H,4-6,12-15H2,1-3H3/t23-,27+/m0/s1. The first-order chi connectivity index (χ1) is 16.4. The van der Waals surface area contributed by atoms with Crippen LogP contribution in [0, 0.1) is 5.41 Å². The molecule has 1 saturated carbocycles. The third-order valence-corrected chi connectivity index (χ3v) is 8.51. The van der Waals surface area contributed by atoms with Gasteiger partial charge in [0.2, 0.25) is 11.8 Å². The number of fused-ring (bicyclic) bond motifs is 1. The van der Waals surface area contributed by atoms with Crippen LogP contribution in [0.2, 0.25) is 5.02 Å². The van der Waals surface area contributed by atoms with Crippen molar-refractivity contribution in [2.24, 2.45) is 5.41 Å². The fourth-order valence-electron chi connectivity index (χ4n) is 6.65. The van der Waals surface area contributed by atoms with Gasteiger partial charge in [-0.25, -0.2) is 0 Å². The van der Waals surface area contributed by atoms with Crippen molar-refractivity contribution in [1.82, 2.24) is 9.80 Å². The minimum absolute atomic E-state index is 0.0389. The van der Waals surface area contributed by atoms with E-state index in [0.717, 1.165) is 43.2 Å². The first-order valence-electron chi connectivity index (χ1n) is 12.0. The van der Waals surface area contributed by atoms with Crippen molar-refractivity contribution in [3.63, 3.8) is 0 Å². The Hall–Kier alpha value is -2.73. The highest BCUT2D eigenvalue weighted by atomic mass is 35.5. The summed E-state index contributed by atoms with van der Waals surface area (Å²) in [4.78, 5) is 31.1. The fraction of sp³-hybridized carbons (Fsp3) is 0.481. The van der Waals surface area contributed by atoms with Crippen molar-refractivity contribution >= 4 is 23.4 Å². The SMILES string of the molecule is COc1ccc(CCN2C(=O)[C@]3(C(=O)N(C)C34CCCCC4)[C@@H]2c2cccc(Cl)c2)cc1OC. The summed E-state index contributed by atoms with van der Waals surface area (Å²) in [6.45, 7) is 0.514. The Morgan fingerprint density at radius 1 is 0.971 bits per heavy atom.